The molecule has 1 unspecified atom stereocenters. The van der Waals surface area contributed by atoms with E-state index in [9.17, 15) is 5.11 Å². The van der Waals surface area contributed by atoms with Crippen LogP contribution in [-0.4, -0.2) is 44.2 Å². The fraction of sp³-hybridized carbons (Fsp3) is 0.571. The van der Waals surface area contributed by atoms with Crippen LogP contribution in [0.15, 0.2) is 18.2 Å². The van der Waals surface area contributed by atoms with Gasteiger partial charge >= 0.3 is 0 Å². The van der Waals surface area contributed by atoms with E-state index >= 15 is 0 Å². The zero-order chi connectivity index (χ0) is 13.5. The Labute approximate surface area is 113 Å². The predicted octanol–water partition coefficient (Wildman–Crippen LogP) is 1.30. The third-order valence-electron chi connectivity index (χ3n) is 2.95. The number of hydrogen-bond donors (Lipinski definition) is 2. The van der Waals surface area contributed by atoms with Crippen LogP contribution in [0.4, 0.5) is 0 Å². The van der Waals surface area contributed by atoms with Crippen LogP contribution in [0.2, 0.25) is 0 Å². The van der Waals surface area contributed by atoms with Crippen molar-refractivity contribution in [2.24, 2.45) is 0 Å². The summed E-state index contributed by atoms with van der Waals surface area (Å²) < 4.78 is 16.2. The van der Waals surface area contributed by atoms with Crippen molar-refractivity contribution < 1.29 is 19.3 Å². The summed E-state index contributed by atoms with van der Waals surface area (Å²) >= 11 is 0. The minimum atomic E-state index is 0.0889. The Morgan fingerprint density at radius 2 is 2.32 bits per heavy atom. The molecule has 5 nitrogen and oxygen atoms in total. The van der Waals surface area contributed by atoms with Gasteiger partial charge < -0.3 is 24.6 Å². The first kappa shape index (κ1) is 14.1. The molecule has 1 aromatic rings. The van der Waals surface area contributed by atoms with Gasteiger partial charge in [-0.1, -0.05) is 12.1 Å². The van der Waals surface area contributed by atoms with E-state index < -0.39 is 0 Å². The average molecular weight is 267 g/mol. The SMILES string of the molecule is CCOc1cccc(CNCC2COCCO2)c1O. The molecule has 0 saturated carbocycles. The average Bonchev–Trinajstić information content (AvgIpc) is 2.44. The first-order chi connectivity index (χ1) is 9.31. The van der Waals surface area contributed by atoms with Crippen LogP contribution in [0.1, 0.15) is 12.5 Å². The molecule has 1 saturated heterocycles. The van der Waals surface area contributed by atoms with Crippen LogP contribution in [0, 0.1) is 0 Å². The lowest BCUT2D eigenvalue weighted by atomic mass is 10.2. The molecule has 1 aromatic carbocycles. The Bertz CT molecular complexity index is 391. The molecule has 1 aliphatic heterocycles. The van der Waals surface area contributed by atoms with E-state index in [1.54, 1.807) is 6.07 Å². The maximum atomic E-state index is 10.0. The van der Waals surface area contributed by atoms with Gasteiger partial charge in [0.1, 0.15) is 0 Å². The van der Waals surface area contributed by atoms with Gasteiger partial charge in [0.15, 0.2) is 11.5 Å². The van der Waals surface area contributed by atoms with Crippen molar-refractivity contribution in [3.8, 4) is 11.5 Å². The Morgan fingerprint density at radius 3 is 3.05 bits per heavy atom. The van der Waals surface area contributed by atoms with E-state index in [4.69, 9.17) is 14.2 Å². The molecule has 1 fully saturated rings. The van der Waals surface area contributed by atoms with E-state index in [0.717, 1.165) is 5.56 Å². The molecule has 0 amide bonds. The van der Waals surface area contributed by atoms with Gasteiger partial charge in [-0.2, -0.15) is 0 Å². The van der Waals surface area contributed by atoms with Gasteiger partial charge in [0.2, 0.25) is 0 Å². The van der Waals surface area contributed by atoms with Crippen LogP contribution in [0.5, 0.6) is 11.5 Å². The van der Waals surface area contributed by atoms with Crippen LogP contribution >= 0.6 is 0 Å². The summed E-state index contributed by atoms with van der Waals surface area (Å²) in [6.45, 7) is 5.66. The Kier molecular flexibility index (Phi) is 5.44. The number of nitrogens with one attached hydrogen (secondary N) is 1. The molecule has 0 aliphatic carbocycles. The lowest BCUT2D eigenvalue weighted by Gasteiger charge is -2.23. The van der Waals surface area contributed by atoms with Crippen molar-refractivity contribution in [2.75, 3.05) is 33.0 Å². The van der Waals surface area contributed by atoms with Gasteiger partial charge in [-0.05, 0) is 13.0 Å². The monoisotopic (exact) mass is 267 g/mol. The summed E-state index contributed by atoms with van der Waals surface area (Å²) in [5, 5.41) is 13.3. The normalized spacial score (nSPS) is 19.3. The van der Waals surface area contributed by atoms with Gasteiger partial charge in [-0.3, -0.25) is 0 Å². The molecule has 0 radical (unpaired) electrons. The third kappa shape index (κ3) is 4.09. The first-order valence-corrected chi connectivity index (χ1v) is 6.65. The topological polar surface area (TPSA) is 60.0 Å². The summed E-state index contributed by atoms with van der Waals surface area (Å²) in [7, 11) is 0. The molecule has 106 valence electrons. The standard InChI is InChI=1S/C14H21NO4/c1-2-18-13-5-3-4-11(14(13)16)8-15-9-12-10-17-6-7-19-12/h3-5,12,15-16H,2,6-10H2,1H3. The number of phenolic OH excluding ortho intramolecular Hbond substituents is 1. The molecule has 0 bridgehead atoms. The second-order valence-corrected chi connectivity index (χ2v) is 4.40. The van der Waals surface area contributed by atoms with E-state index in [-0.39, 0.29) is 11.9 Å². The second kappa shape index (κ2) is 7.33. The Hall–Kier alpha value is -1.30. The van der Waals surface area contributed by atoms with Gasteiger partial charge in [-0.15, -0.1) is 0 Å². The van der Waals surface area contributed by atoms with Gasteiger partial charge in [0.25, 0.3) is 0 Å². The summed E-state index contributed by atoms with van der Waals surface area (Å²) in [4.78, 5) is 0. The Balaban J connectivity index is 1.83. The minimum Gasteiger partial charge on any atom is -0.504 e. The highest BCUT2D eigenvalue weighted by molar-refractivity contribution is 5.45. The lowest BCUT2D eigenvalue weighted by molar-refractivity contribution is -0.0864. The first-order valence-electron chi connectivity index (χ1n) is 6.65. The molecule has 1 heterocycles. The molecule has 1 aliphatic rings. The van der Waals surface area contributed by atoms with Gasteiger partial charge in [0.05, 0.1) is 32.5 Å². The number of aromatic hydroxyl groups is 1. The number of phenols is 1. The van der Waals surface area contributed by atoms with Crippen LogP contribution in [0.3, 0.4) is 0 Å². The largest absolute Gasteiger partial charge is 0.504 e. The molecule has 19 heavy (non-hydrogen) atoms. The van der Waals surface area contributed by atoms with E-state index in [2.05, 4.69) is 5.32 Å². The van der Waals surface area contributed by atoms with E-state index in [1.165, 1.54) is 0 Å². The third-order valence-corrected chi connectivity index (χ3v) is 2.95. The predicted molar refractivity (Wildman–Crippen MR) is 71.5 cm³/mol. The fourth-order valence-electron chi connectivity index (χ4n) is 2.00. The lowest BCUT2D eigenvalue weighted by Crippen LogP contribution is -2.37. The number of hydrogen-bond acceptors (Lipinski definition) is 5. The number of rotatable bonds is 6. The highest BCUT2D eigenvalue weighted by atomic mass is 16.6. The van der Waals surface area contributed by atoms with Gasteiger partial charge in [-0.25, -0.2) is 0 Å². The molecule has 1 atom stereocenters. The summed E-state index contributed by atoms with van der Waals surface area (Å²) in [6.07, 6.45) is 0.0889. The van der Waals surface area contributed by atoms with Crippen LogP contribution in [0.25, 0.3) is 0 Å². The van der Waals surface area contributed by atoms with Crippen molar-refractivity contribution >= 4 is 0 Å². The summed E-state index contributed by atoms with van der Waals surface area (Å²) in [5.41, 5.74) is 0.822. The zero-order valence-corrected chi connectivity index (χ0v) is 11.2. The van der Waals surface area contributed by atoms with Crippen LogP contribution < -0.4 is 10.1 Å². The van der Waals surface area contributed by atoms with E-state index in [1.807, 2.05) is 19.1 Å². The quantitative estimate of drug-likeness (QED) is 0.813. The van der Waals surface area contributed by atoms with Crippen molar-refractivity contribution in [3.63, 3.8) is 0 Å². The maximum Gasteiger partial charge on any atom is 0.162 e. The fourth-order valence-corrected chi connectivity index (χ4v) is 2.00. The zero-order valence-electron chi connectivity index (χ0n) is 11.2. The molecular weight excluding hydrogens is 246 g/mol. The molecule has 0 aromatic heterocycles. The molecule has 2 N–H and O–H groups in total. The van der Waals surface area contributed by atoms with Gasteiger partial charge in [0, 0.05) is 18.7 Å². The smallest absolute Gasteiger partial charge is 0.162 e. The van der Waals surface area contributed by atoms with Crippen molar-refractivity contribution in [3.05, 3.63) is 23.8 Å². The van der Waals surface area contributed by atoms with Crippen molar-refractivity contribution in [1.82, 2.24) is 5.32 Å². The second-order valence-electron chi connectivity index (χ2n) is 4.40. The molecule has 2 rings (SSSR count). The summed E-state index contributed by atoms with van der Waals surface area (Å²) in [6, 6.07) is 5.52. The Morgan fingerprint density at radius 1 is 1.42 bits per heavy atom. The van der Waals surface area contributed by atoms with Crippen molar-refractivity contribution in [2.45, 2.75) is 19.6 Å². The highest BCUT2D eigenvalue weighted by Crippen LogP contribution is 2.29. The van der Waals surface area contributed by atoms with Crippen molar-refractivity contribution in [1.29, 1.82) is 0 Å². The molecule has 5 heteroatoms. The number of benzene rings is 1. The minimum absolute atomic E-state index is 0.0889. The molecular formula is C14H21NO4. The molecule has 0 spiro atoms. The summed E-state index contributed by atoms with van der Waals surface area (Å²) in [5.74, 6) is 0.733. The van der Waals surface area contributed by atoms with Crippen LogP contribution in [-0.2, 0) is 16.0 Å². The number of para-hydroxylation sites is 1. The highest BCUT2D eigenvalue weighted by Gasteiger charge is 2.14. The van der Waals surface area contributed by atoms with E-state index in [0.29, 0.717) is 45.3 Å². The maximum absolute atomic E-state index is 10.0. The number of ether oxygens (including phenoxy) is 3.